The van der Waals surface area contributed by atoms with Gasteiger partial charge in [-0.3, -0.25) is 0 Å². The van der Waals surface area contributed by atoms with E-state index < -0.39 is 0 Å². The lowest BCUT2D eigenvalue weighted by Crippen LogP contribution is -2.44. The van der Waals surface area contributed by atoms with Crippen molar-refractivity contribution in [3.05, 3.63) is 36.3 Å². The maximum Gasteiger partial charge on any atom is 0.348 e. The van der Waals surface area contributed by atoms with Gasteiger partial charge in [0.1, 0.15) is 18.1 Å². The summed E-state index contributed by atoms with van der Waals surface area (Å²) < 4.78 is 16.0. The average molecular weight is 440 g/mol. The molecule has 2 heterocycles. The number of fused-ring (bicyclic) bond motifs is 1. The molecular formula is C27H39N2O3+. The van der Waals surface area contributed by atoms with Gasteiger partial charge in [0, 0.05) is 12.0 Å². The SMILES string of the molecule is COc1ccc(-c2c[n+](CC(=O)O[C@@H]3C[C@H](C)CC[C@H]3C(C)C)c3n2CCCCC3)cc1. The van der Waals surface area contributed by atoms with Gasteiger partial charge < -0.3 is 9.47 Å². The van der Waals surface area contributed by atoms with E-state index in [4.69, 9.17) is 9.47 Å². The molecule has 5 nitrogen and oxygen atoms in total. The lowest BCUT2D eigenvalue weighted by atomic mass is 9.75. The highest BCUT2D eigenvalue weighted by molar-refractivity contribution is 5.68. The van der Waals surface area contributed by atoms with Crippen molar-refractivity contribution < 1.29 is 18.8 Å². The van der Waals surface area contributed by atoms with Gasteiger partial charge in [-0.15, -0.1) is 0 Å². The van der Waals surface area contributed by atoms with E-state index in [-0.39, 0.29) is 12.1 Å². The molecular weight excluding hydrogens is 400 g/mol. The van der Waals surface area contributed by atoms with Crippen molar-refractivity contribution in [1.82, 2.24) is 4.57 Å². The Morgan fingerprint density at radius 2 is 1.94 bits per heavy atom. The lowest BCUT2D eigenvalue weighted by Gasteiger charge is -2.36. The van der Waals surface area contributed by atoms with Gasteiger partial charge in [0.25, 0.3) is 5.82 Å². The topological polar surface area (TPSA) is 44.3 Å². The fourth-order valence-corrected chi connectivity index (χ4v) is 5.57. The summed E-state index contributed by atoms with van der Waals surface area (Å²) in [7, 11) is 1.69. The lowest BCUT2D eigenvalue weighted by molar-refractivity contribution is -0.692. The molecule has 0 bridgehead atoms. The van der Waals surface area contributed by atoms with Crippen molar-refractivity contribution in [1.29, 1.82) is 0 Å². The van der Waals surface area contributed by atoms with Gasteiger partial charge >= 0.3 is 5.97 Å². The van der Waals surface area contributed by atoms with Crippen molar-refractivity contribution in [3.8, 4) is 17.0 Å². The normalized spacial score (nSPS) is 23.5. The number of esters is 1. The number of imidazole rings is 1. The van der Waals surface area contributed by atoms with Crippen LogP contribution in [0.4, 0.5) is 0 Å². The smallest absolute Gasteiger partial charge is 0.348 e. The highest BCUT2D eigenvalue weighted by Crippen LogP contribution is 2.35. The molecule has 1 saturated carbocycles. The van der Waals surface area contributed by atoms with Crippen LogP contribution in [0.15, 0.2) is 30.5 Å². The Labute approximate surface area is 192 Å². The van der Waals surface area contributed by atoms with Gasteiger partial charge in [0.15, 0.2) is 12.2 Å². The third-order valence-corrected chi connectivity index (χ3v) is 7.42. The van der Waals surface area contributed by atoms with E-state index in [2.05, 4.69) is 48.2 Å². The number of carbonyl (C=O) groups excluding carboxylic acids is 1. The fraction of sp³-hybridized carbons (Fsp3) is 0.630. The standard InChI is InChI=1S/C27H39N2O3/c1-19(2)23-14-9-20(3)16-25(23)32-27(30)18-28-17-24(21-10-12-22(31-4)13-11-21)29-15-7-5-6-8-26(28)29/h10-13,17,19-20,23,25H,5-9,14-16,18H2,1-4H3/q+1/t20-,23+,25-/m1/s1. The van der Waals surface area contributed by atoms with Gasteiger partial charge in [0.05, 0.1) is 13.7 Å². The summed E-state index contributed by atoms with van der Waals surface area (Å²) in [5.41, 5.74) is 2.32. The molecule has 5 heteroatoms. The van der Waals surface area contributed by atoms with Crippen LogP contribution in [-0.2, 0) is 29.0 Å². The Morgan fingerprint density at radius 1 is 1.16 bits per heavy atom. The summed E-state index contributed by atoms with van der Waals surface area (Å²) in [6.45, 7) is 8.08. The van der Waals surface area contributed by atoms with Crippen molar-refractivity contribution in [2.24, 2.45) is 17.8 Å². The molecule has 32 heavy (non-hydrogen) atoms. The molecule has 1 aromatic carbocycles. The third kappa shape index (κ3) is 5.02. The van der Waals surface area contributed by atoms with Gasteiger partial charge in [0.2, 0.25) is 0 Å². The summed E-state index contributed by atoms with van der Waals surface area (Å²) in [6.07, 6.45) is 10.1. The molecule has 1 aliphatic carbocycles. The largest absolute Gasteiger partial charge is 0.497 e. The number of aromatic nitrogens is 2. The number of methoxy groups -OCH3 is 1. The molecule has 3 atom stereocenters. The molecule has 0 saturated heterocycles. The van der Waals surface area contributed by atoms with E-state index >= 15 is 0 Å². The molecule has 0 N–H and O–H groups in total. The molecule has 1 fully saturated rings. The van der Waals surface area contributed by atoms with Crippen LogP contribution in [-0.4, -0.2) is 23.8 Å². The monoisotopic (exact) mass is 439 g/mol. The molecule has 1 aromatic heterocycles. The zero-order valence-corrected chi connectivity index (χ0v) is 20.2. The minimum Gasteiger partial charge on any atom is -0.497 e. The van der Waals surface area contributed by atoms with E-state index in [1.165, 1.54) is 30.8 Å². The zero-order valence-electron chi connectivity index (χ0n) is 20.2. The second-order valence-electron chi connectivity index (χ2n) is 10.1. The van der Waals surface area contributed by atoms with E-state index in [1.54, 1.807) is 7.11 Å². The molecule has 174 valence electrons. The number of rotatable bonds is 6. The number of ether oxygens (including phenoxy) is 2. The summed E-state index contributed by atoms with van der Waals surface area (Å²) in [5, 5.41) is 0. The van der Waals surface area contributed by atoms with Crippen molar-refractivity contribution >= 4 is 5.97 Å². The average Bonchev–Trinajstić information content (AvgIpc) is 2.94. The molecule has 2 aliphatic rings. The Balaban J connectivity index is 1.56. The summed E-state index contributed by atoms with van der Waals surface area (Å²) in [5.74, 6) is 3.64. The highest BCUT2D eigenvalue weighted by Gasteiger charge is 2.34. The maximum atomic E-state index is 13.1. The van der Waals surface area contributed by atoms with Crippen LogP contribution in [0.2, 0.25) is 0 Å². The first-order chi connectivity index (χ1) is 15.5. The third-order valence-electron chi connectivity index (χ3n) is 7.42. The highest BCUT2D eigenvalue weighted by atomic mass is 16.5. The van der Waals surface area contributed by atoms with Crippen LogP contribution in [0.1, 0.15) is 65.1 Å². The van der Waals surface area contributed by atoms with Crippen molar-refractivity contribution in [2.75, 3.05) is 7.11 Å². The number of benzene rings is 1. The Kier molecular flexibility index (Phi) is 7.22. The van der Waals surface area contributed by atoms with Crippen LogP contribution < -0.4 is 9.30 Å². The van der Waals surface area contributed by atoms with Crippen molar-refractivity contribution in [3.63, 3.8) is 0 Å². The predicted octanol–water partition coefficient (Wildman–Crippen LogP) is 5.18. The second kappa shape index (κ2) is 10.1. The van der Waals surface area contributed by atoms with Crippen molar-refractivity contribution in [2.45, 2.75) is 84.9 Å². The number of hydrogen-bond donors (Lipinski definition) is 0. The minimum absolute atomic E-state index is 0.0501. The Bertz CT molecular complexity index is 916. The maximum absolute atomic E-state index is 13.1. The zero-order chi connectivity index (χ0) is 22.7. The number of hydrogen-bond acceptors (Lipinski definition) is 3. The predicted molar refractivity (Wildman–Crippen MR) is 125 cm³/mol. The van der Waals surface area contributed by atoms with Gasteiger partial charge in [-0.25, -0.2) is 13.9 Å². The molecule has 0 amide bonds. The Hall–Kier alpha value is -2.30. The van der Waals surface area contributed by atoms with Crippen LogP contribution in [0, 0.1) is 17.8 Å². The molecule has 0 radical (unpaired) electrons. The Morgan fingerprint density at radius 3 is 2.66 bits per heavy atom. The first-order valence-electron chi connectivity index (χ1n) is 12.4. The minimum atomic E-state index is -0.0984. The molecule has 2 aromatic rings. The molecule has 0 unspecified atom stereocenters. The van der Waals surface area contributed by atoms with E-state index in [1.807, 2.05) is 12.1 Å². The van der Waals surface area contributed by atoms with Gasteiger partial charge in [-0.05, 0) is 74.1 Å². The summed E-state index contributed by atoms with van der Waals surface area (Å²) >= 11 is 0. The van der Waals surface area contributed by atoms with Crippen LogP contribution in [0.3, 0.4) is 0 Å². The van der Waals surface area contributed by atoms with Gasteiger partial charge in [-0.1, -0.05) is 27.2 Å². The molecule has 1 aliphatic heterocycles. The number of nitrogens with zero attached hydrogens (tertiary/aromatic N) is 2. The summed E-state index contributed by atoms with van der Waals surface area (Å²) in [4.78, 5) is 13.1. The first-order valence-corrected chi connectivity index (χ1v) is 12.4. The van der Waals surface area contributed by atoms with E-state index in [0.29, 0.717) is 24.3 Å². The van der Waals surface area contributed by atoms with Crippen LogP contribution in [0.5, 0.6) is 5.75 Å². The van der Waals surface area contributed by atoms with Crippen LogP contribution in [0.25, 0.3) is 11.3 Å². The first kappa shape index (κ1) is 22.9. The quantitative estimate of drug-likeness (QED) is 0.460. The van der Waals surface area contributed by atoms with E-state index in [0.717, 1.165) is 43.5 Å². The van der Waals surface area contributed by atoms with E-state index in [9.17, 15) is 4.79 Å². The fourth-order valence-electron chi connectivity index (χ4n) is 5.57. The van der Waals surface area contributed by atoms with Crippen LogP contribution >= 0.6 is 0 Å². The molecule has 0 spiro atoms. The summed E-state index contributed by atoms with van der Waals surface area (Å²) in [6, 6.07) is 8.21. The molecule has 4 rings (SSSR count). The second-order valence-corrected chi connectivity index (χ2v) is 10.1. The number of carbonyl (C=O) groups is 1. The van der Waals surface area contributed by atoms with Gasteiger partial charge in [-0.2, -0.15) is 0 Å².